The smallest absolute Gasteiger partial charge is 0.339 e. The summed E-state index contributed by atoms with van der Waals surface area (Å²) in [4.78, 5) is 38.7. The van der Waals surface area contributed by atoms with E-state index in [1.807, 2.05) is 12.1 Å². The van der Waals surface area contributed by atoms with Gasteiger partial charge in [0.25, 0.3) is 11.8 Å². The number of aromatic carboxylic acids is 1. The molecule has 0 saturated heterocycles. The predicted octanol–water partition coefficient (Wildman–Crippen LogP) is 3.57. The van der Waals surface area contributed by atoms with Gasteiger partial charge in [-0.05, 0) is 23.3 Å². The molecule has 0 spiro atoms. The van der Waals surface area contributed by atoms with Gasteiger partial charge in [-0.25, -0.2) is 9.69 Å². The van der Waals surface area contributed by atoms with E-state index in [1.54, 1.807) is 48.5 Å². The summed E-state index contributed by atoms with van der Waals surface area (Å²) in [5.41, 5.74) is 1.48. The highest BCUT2D eigenvalue weighted by Gasteiger charge is 2.40. The molecule has 2 amide bonds. The van der Waals surface area contributed by atoms with Gasteiger partial charge in [-0.1, -0.05) is 60.7 Å². The van der Waals surface area contributed by atoms with Gasteiger partial charge in [0.2, 0.25) is 0 Å². The quantitative estimate of drug-likeness (QED) is 0.670. The molecule has 6 heteroatoms. The third kappa shape index (κ3) is 3.06. The van der Waals surface area contributed by atoms with Crippen LogP contribution in [0.3, 0.4) is 0 Å². The van der Waals surface area contributed by atoms with E-state index >= 15 is 0 Å². The van der Waals surface area contributed by atoms with Gasteiger partial charge in [0.05, 0.1) is 16.8 Å². The molecule has 0 atom stereocenters. The van der Waals surface area contributed by atoms with Crippen molar-refractivity contribution in [2.24, 2.45) is 0 Å². The second-order valence-corrected chi connectivity index (χ2v) is 6.43. The Labute approximate surface area is 166 Å². The van der Waals surface area contributed by atoms with E-state index in [0.717, 1.165) is 17.0 Å². The van der Waals surface area contributed by atoms with Crippen LogP contribution in [0.25, 0.3) is 11.1 Å². The van der Waals surface area contributed by atoms with E-state index in [4.69, 9.17) is 5.11 Å². The lowest BCUT2D eigenvalue weighted by molar-refractivity contribution is -0.119. The number of nitrogens with zero attached hydrogens (tertiary/aromatic N) is 1. The van der Waals surface area contributed by atoms with Crippen molar-refractivity contribution in [1.29, 1.82) is 0 Å². The van der Waals surface area contributed by atoms with Crippen LogP contribution in [0, 0.1) is 0 Å². The summed E-state index contributed by atoms with van der Waals surface area (Å²) in [6.07, 6.45) is 0. The van der Waals surface area contributed by atoms with Gasteiger partial charge in [-0.15, -0.1) is 0 Å². The molecule has 6 nitrogen and oxygen atoms in total. The first-order valence-corrected chi connectivity index (χ1v) is 8.79. The summed E-state index contributed by atoms with van der Waals surface area (Å²) in [5, 5.41) is 19.1. The van der Waals surface area contributed by atoms with E-state index in [2.05, 4.69) is 0 Å². The average molecular weight is 385 g/mol. The Morgan fingerprint density at radius 3 is 1.62 bits per heavy atom. The third-order valence-corrected chi connectivity index (χ3v) is 4.68. The number of carbonyl (C=O) groups is 3. The number of imide groups is 1. The Kier molecular flexibility index (Phi) is 4.44. The predicted molar refractivity (Wildman–Crippen MR) is 107 cm³/mol. The van der Waals surface area contributed by atoms with Crippen molar-refractivity contribution in [3.05, 3.63) is 95.6 Å². The second-order valence-electron chi connectivity index (χ2n) is 6.43. The van der Waals surface area contributed by atoms with E-state index in [1.165, 1.54) is 6.07 Å². The van der Waals surface area contributed by atoms with Gasteiger partial charge in [0.1, 0.15) is 11.3 Å². The summed E-state index contributed by atoms with van der Waals surface area (Å²) in [6.45, 7) is 0. The van der Waals surface area contributed by atoms with Crippen LogP contribution in [0.1, 0.15) is 21.5 Å². The summed E-state index contributed by atoms with van der Waals surface area (Å²) < 4.78 is 0. The molecule has 0 bridgehead atoms. The SMILES string of the molecule is O=C(O)c1ccc(N2C(=O)C(c3ccccc3)=C(c3ccccc3)C2=O)cc1O. The van der Waals surface area contributed by atoms with E-state index in [-0.39, 0.29) is 22.4 Å². The normalized spacial score (nSPS) is 13.9. The number of amides is 2. The molecule has 1 aliphatic rings. The standard InChI is InChI=1S/C23H15NO5/c25-18-13-16(11-12-17(18)23(28)29)24-21(26)19(14-7-3-1-4-8-14)20(22(24)27)15-9-5-2-6-10-15/h1-13,25H,(H,28,29). The topological polar surface area (TPSA) is 94.9 Å². The Hall–Kier alpha value is -4.19. The van der Waals surface area contributed by atoms with E-state index in [0.29, 0.717) is 11.1 Å². The van der Waals surface area contributed by atoms with Gasteiger partial charge < -0.3 is 10.2 Å². The molecule has 0 radical (unpaired) electrons. The Morgan fingerprint density at radius 1 is 0.724 bits per heavy atom. The van der Waals surface area contributed by atoms with Gasteiger partial charge in [0.15, 0.2) is 0 Å². The maximum atomic E-state index is 13.3. The van der Waals surface area contributed by atoms with Gasteiger partial charge in [-0.3, -0.25) is 9.59 Å². The molecule has 0 unspecified atom stereocenters. The molecular formula is C23H15NO5. The number of rotatable bonds is 4. The number of carbonyl (C=O) groups excluding carboxylic acids is 2. The molecule has 0 fully saturated rings. The fraction of sp³-hybridized carbons (Fsp3) is 0. The molecule has 1 heterocycles. The van der Waals surface area contributed by atoms with E-state index in [9.17, 15) is 19.5 Å². The van der Waals surface area contributed by atoms with Crippen molar-refractivity contribution in [3.63, 3.8) is 0 Å². The lowest BCUT2D eigenvalue weighted by Crippen LogP contribution is -2.31. The molecule has 0 saturated carbocycles. The maximum Gasteiger partial charge on any atom is 0.339 e. The fourth-order valence-electron chi connectivity index (χ4n) is 3.35. The molecule has 3 aromatic carbocycles. The molecule has 4 rings (SSSR count). The average Bonchev–Trinajstić information content (AvgIpc) is 2.99. The number of aromatic hydroxyl groups is 1. The number of phenols is 1. The Balaban J connectivity index is 1.87. The van der Waals surface area contributed by atoms with Crippen LogP contribution in [0.15, 0.2) is 78.9 Å². The molecular weight excluding hydrogens is 370 g/mol. The minimum absolute atomic E-state index is 0.0989. The third-order valence-electron chi connectivity index (χ3n) is 4.68. The van der Waals surface area contributed by atoms with Crippen LogP contribution < -0.4 is 4.90 Å². The number of benzene rings is 3. The van der Waals surface area contributed by atoms with Crippen molar-refractivity contribution in [2.75, 3.05) is 4.90 Å². The van der Waals surface area contributed by atoms with Crippen LogP contribution in [0.4, 0.5) is 5.69 Å². The molecule has 142 valence electrons. The Bertz CT molecular complexity index is 1100. The lowest BCUT2D eigenvalue weighted by atomic mass is 9.96. The monoisotopic (exact) mass is 385 g/mol. The zero-order valence-electron chi connectivity index (χ0n) is 15.1. The van der Waals surface area contributed by atoms with E-state index < -0.39 is 23.5 Å². The minimum Gasteiger partial charge on any atom is -0.507 e. The minimum atomic E-state index is -1.30. The zero-order valence-corrected chi connectivity index (χ0v) is 15.1. The van der Waals surface area contributed by atoms with Crippen molar-refractivity contribution in [1.82, 2.24) is 0 Å². The van der Waals surface area contributed by atoms with Crippen molar-refractivity contribution in [3.8, 4) is 5.75 Å². The highest BCUT2D eigenvalue weighted by atomic mass is 16.4. The molecule has 2 N–H and O–H groups in total. The molecule has 1 aliphatic heterocycles. The summed E-state index contributed by atoms with van der Waals surface area (Å²) in [6, 6.07) is 21.3. The van der Waals surface area contributed by atoms with Crippen LogP contribution in [0.5, 0.6) is 5.75 Å². The first-order valence-electron chi connectivity index (χ1n) is 8.79. The van der Waals surface area contributed by atoms with Crippen LogP contribution in [0.2, 0.25) is 0 Å². The maximum absolute atomic E-state index is 13.3. The zero-order chi connectivity index (χ0) is 20.5. The molecule has 0 aliphatic carbocycles. The number of anilines is 1. The highest BCUT2D eigenvalue weighted by molar-refractivity contribution is 6.57. The van der Waals surface area contributed by atoms with Crippen molar-refractivity contribution < 1.29 is 24.6 Å². The van der Waals surface area contributed by atoms with Gasteiger partial charge in [-0.2, -0.15) is 0 Å². The van der Waals surface area contributed by atoms with Crippen molar-refractivity contribution >= 4 is 34.6 Å². The molecule has 3 aromatic rings. The molecule has 29 heavy (non-hydrogen) atoms. The summed E-state index contributed by atoms with van der Waals surface area (Å²) in [5.74, 6) is -2.91. The van der Waals surface area contributed by atoms with Gasteiger partial charge >= 0.3 is 5.97 Å². The summed E-state index contributed by atoms with van der Waals surface area (Å²) in [7, 11) is 0. The second kappa shape index (κ2) is 7.09. The van der Waals surface area contributed by atoms with Crippen LogP contribution in [-0.2, 0) is 9.59 Å². The summed E-state index contributed by atoms with van der Waals surface area (Å²) >= 11 is 0. The number of hydrogen-bond acceptors (Lipinski definition) is 4. The van der Waals surface area contributed by atoms with Crippen LogP contribution >= 0.6 is 0 Å². The highest BCUT2D eigenvalue weighted by Crippen LogP contribution is 2.39. The number of carboxylic acids is 1. The number of carboxylic acid groups (broad SMARTS) is 1. The van der Waals surface area contributed by atoms with Crippen molar-refractivity contribution in [2.45, 2.75) is 0 Å². The lowest BCUT2D eigenvalue weighted by Gasteiger charge is -2.16. The fourth-order valence-corrected chi connectivity index (χ4v) is 3.35. The number of hydrogen-bond donors (Lipinski definition) is 2. The Morgan fingerprint density at radius 2 is 1.21 bits per heavy atom. The first kappa shape index (κ1) is 18.2. The van der Waals surface area contributed by atoms with Gasteiger partial charge in [0, 0.05) is 6.07 Å². The van der Waals surface area contributed by atoms with Crippen LogP contribution in [-0.4, -0.2) is 28.0 Å². The largest absolute Gasteiger partial charge is 0.507 e. The molecule has 0 aromatic heterocycles. The first-order chi connectivity index (χ1) is 14.0.